The second-order valence-electron chi connectivity index (χ2n) is 12.7. The third-order valence-corrected chi connectivity index (χ3v) is 9.75. The molecule has 1 heteroatoms. The van der Waals surface area contributed by atoms with Crippen molar-refractivity contribution < 1.29 is 0 Å². The van der Waals surface area contributed by atoms with Gasteiger partial charge in [0.15, 0.2) is 0 Å². The lowest BCUT2D eigenvalue weighted by atomic mass is 9.86. The van der Waals surface area contributed by atoms with Crippen LogP contribution in [0.1, 0.15) is 18.9 Å². The molecule has 0 bridgehead atoms. The van der Waals surface area contributed by atoms with Crippen molar-refractivity contribution in [3.63, 3.8) is 0 Å². The molecule has 1 nitrogen and oxygen atoms in total. The van der Waals surface area contributed by atoms with Gasteiger partial charge in [-0.25, -0.2) is 0 Å². The number of hydrogen-bond acceptors (Lipinski definition) is 1. The summed E-state index contributed by atoms with van der Waals surface area (Å²) >= 11 is 0. The van der Waals surface area contributed by atoms with E-state index in [-0.39, 0.29) is 0 Å². The number of benzene rings is 8. The van der Waals surface area contributed by atoms with Crippen molar-refractivity contribution in [1.82, 2.24) is 0 Å². The molecule has 0 spiro atoms. The van der Waals surface area contributed by atoms with Crippen molar-refractivity contribution in [3.8, 4) is 11.1 Å². The number of aryl methyl sites for hydroxylation is 1. The zero-order chi connectivity index (χ0) is 30.8. The Bertz CT molecular complexity index is 2560. The van der Waals surface area contributed by atoms with E-state index in [1.807, 2.05) is 0 Å². The first kappa shape index (κ1) is 26.7. The Balaban J connectivity index is 1.40. The molecule has 0 amide bonds. The van der Waals surface area contributed by atoms with Crippen molar-refractivity contribution >= 4 is 65.2 Å². The molecule has 0 aliphatic heterocycles. The van der Waals surface area contributed by atoms with Gasteiger partial charge in [-0.15, -0.1) is 0 Å². The van der Waals surface area contributed by atoms with Gasteiger partial charge in [0.05, 0.1) is 5.69 Å². The van der Waals surface area contributed by atoms with Gasteiger partial charge in [-0.05, 0) is 104 Å². The second-order valence-corrected chi connectivity index (χ2v) is 12.7. The highest BCUT2D eigenvalue weighted by Gasteiger charge is 2.22. The Kier molecular flexibility index (Phi) is 6.08. The van der Waals surface area contributed by atoms with E-state index in [4.69, 9.17) is 0 Å². The average Bonchev–Trinajstić information content (AvgIpc) is 3.32. The lowest BCUT2D eigenvalue weighted by Crippen LogP contribution is -2.16. The first-order valence-electron chi connectivity index (χ1n) is 16.2. The quantitative estimate of drug-likeness (QED) is 0.146. The van der Waals surface area contributed by atoms with E-state index in [0.29, 0.717) is 0 Å². The maximum Gasteiger partial charge on any atom is 0.0543 e. The summed E-state index contributed by atoms with van der Waals surface area (Å²) in [5.41, 5.74) is 8.69. The van der Waals surface area contributed by atoms with Gasteiger partial charge in [-0.3, -0.25) is 0 Å². The SMILES string of the molecule is CC1=CC=C(N(c2ccc(C)cc2)c2ccc3cccc4c5cccc6c(-c7ccc8ccccc8c7)ccc(c2c34)c65)CC=C1. The third kappa shape index (κ3) is 4.16. The molecule has 0 atom stereocenters. The summed E-state index contributed by atoms with van der Waals surface area (Å²) in [6, 6.07) is 47.5. The highest BCUT2D eigenvalue weighted by atomic mass is 15.1. The van der Waals surface area contributed by atoms with E-state index in [1.165, 1.54) is 93.2 Å². The molecular weight excluding hydrogens is 555 g/mol. The molecule has 0 saturated heterocycles. The molecule has 8 aromatic carbocycles. The van der Waals surface area contributed by atoms with Crippen molar-refractivity contribution in [3.05, 3.63) is 169 Å². The molecule has 0 heterocycles. The predicted octanol–water partition coefficient (Wildman–Crippen LogP) is 12.8. The van der Waals surface area contributed by atoms with Crippen LogP contribution in [-0.4, -0.2) is 0 Å². The molecule has 0 unspecified atom stereocenters. The van der Waals surface area contributed by atoms with Gasteiger partial charge >= 0.3 is 0 Å². The van der Waals surface area contributed by atoms with Crippen molar-refractivity contribution in [2.24, 2.45) is 0 Å². The van der Waals surface area contributed by atoms with Gasteiger partial charge in [0.1, 0.15) is 0 Å². The van der Waals surface area contributed by atoms with E-state index < -0.39 is 0 Å². The van der Waals surface area contributed by atoms with Crippen LogP contribution < -0.4 is 4.90 Å². The summed E-state index contributed by atoms with van der Waals surface area (Å²) in [5.74, 6) is 0. The van der Waals surface area contributed by atoms with Gasteiger partial charge in [0, 0.05) is 23.2 Å². The number of hydrogen-bond donors (Lipinski definition) is 0. The molecule has 46 heavy (non-hydrogen) atoms. The highest BCUT2D eigenvalue weighted by Crippen LogP contribution is 2.48. The maximum atomic E-state index is 2.49. The van der Waals surface area contributed by atoms with Crippen molar-refractivity contribution in [2.75, 3.05) is 4.90 Å². The molecule has 0 N–H and O–H groups in total. The summed E-state index contributed by atoms with van der Waals surface area (Å²) in [5, 5.41) is 13.0. The molecule has 0 aromatic heterocycles. The minimum absolute atomic E-state index is 0.855. The average molecular weight is 588 g/mol. The number of rotatable bonds is 4. The standard InChI is InChI=1S/C45H33N/c1-29-8-5-12-35(22-16-29)46(36-23-17-30(2)18-24-36)42-27-21-32-11-6-13-39-40-15-7-14-38-37(25-26-41(44(38)40)45(42)43(32)39)34-20-19-31-9-3-4-10-33(31)28-34/h3-11,13-28H,12H2,1-2H3. The van der Waals surface area contributed by atoms with Crippen LogP contribution in [0.4, 0.5) is 11.4 Å². The summed E-state index contributed by atoms with van der Waals surface area (Å²) in [4.78, 5) is 2.49. The normalized spacial score (nSPS) is 13.5. The highest BCUT2D eigenvalue weighted by molar-refractivity contribution is 6.36. The first-order chi connectivity index (χ1) is 22.6. The zero-order valence-electron chi connectivity index (χ0n) is 26.1. The van der Waals surface area contributed by atoms with E-state index in [9.17, 15) is 0 Å². The van der Waals surface area contributed by atoms with Crippen LogP contribution >= 0.6 is 0 Å². The van der Waals surface area contributed by atoms with Gasteiger partial charge in [0.25, 0.3) is 0 Å². The Morgan fingerprint density at radius 2 is 1.26 bits per heavy atom. The predicted molar refractivity (Wildman–Crippen MR) is 200 cm³/mol. The minimum Gasteiger partial charge on any atom is -0.313 e. The van der Waals surface area contributed by atoms with Crippen LogP contribution in [0.3, 0.4) is 0 Å². The Labute approximate surface area is 269 Å². The molecule has 0 saturated carbocycles. The fourth-order valence-corrected chi connectivity index (χ4v) is 7.54. The molecular formula is C45H33N. The number of anilines is 2. The molecule has 9 rings (SSSR count). The largest absolute Gasteiger partial charge is 0.313 e. The molecule has 0 radical (unpaired) electrons. The van der Waals surface area contributed by atoms with Crippen LogP contribution in [0.2, 0.25) is 0 Å². The van der Waals surface area contributed by atoms with Gasteiger partial charge < -0.3 is 4.90 Å². The zero-order valence-corrected chi connectivity index (χ0v) is 26.1. The number of fused-ring (bicyclic) bond motifs is 3. The second kappa shape index (κ2) is 10.5. The van der Waals surface area contributed by atoms with Gasteiger partial charge in [0.2, 0.25) is 0 Å². The number of nitrogens with zero attached hydrogens (tertiary/aromatic N) is 1. The van der Waals surface area contributed by atoms with E-state index in [1.54, 1.807) is 0 Å². The maximum absolute atomic E-state index is 2.49. The van der Waals surface area contributed by atoms with Crippen LogP contribution in [0.5, 0.6) is 0 Å². The smallest absolute Gasteiger partial charge is 0.0543 e. The van der Waals surface area contributed by atoms with Crippen LogP contribution in [0.15, 0.2) is 163 Å². The topological polar surface area (TPSA) is 3.24 Å². The van der Waals surface area contributed by atoms with Gasteiger partial charge in [-0.1, -0.05) is 132 Å². The van der Waals surface area contributed by atoms with E-state index >= 15 is 0 Å². The summed E-state index contributed by atoms with van der Waals surface area (Å²) in [7, 11) is 0. The Morgan fingerprint density at radius 1 is 0.522 bits per heavy atom. The molecule has 218 valence electrons. The van der Waals surface area contributed by atoms with Crippen LogP contribution in [0, 0.1) is 6.92 Å². The lowest BCUT2D eigenvalue weighted by molar-refractivity contribution is 1.09. The summed E-state index contributed by atoms with van der Waals surface area (Å²) < 4.78 is 0. The minimum atomic E-state index is 0.855. The van der Waals surface area contributed by atoms with Gasteiger partial charge in [-0.2, -0.15) is 0 Å². The van der Waals surface area contributed by atoms with Crippen LogP contribution in [0.25, 0.3) is 65.0 Å². The summed E-state index contributed by atoms with van der Waals surface area (Å²) in [6.07, 6.45) is 9.91. The number of allylic oxidation sites excluding steroid dienone is 5. The Morgan fingerprint density at radius 3 is 2.13 bits per heavy atom. The summed E-state index contributed by atoms with van der Waals surface area (Å²) in [6.45, 7) is 4.33. The fourth-order valence-electron chi connectivity index (χ4n) is 7.54. The lowest BCUT2D eigenvalue weighted by Gasteiger charge is -2.30. The van der Waals surface area contributed by atoms with Crippen molar-refractivity contribution in [1.29, 1.82) is 0 Å². The monoisotopic (exact) mass is 587 g/mol. The first-order valence-corrected chi connectivity index (χ1v) is 16.2. The molecule has 1 aliphatic carbocycles. The van der Waals surface area contributed by atoms with E-state index in [0.717, 1.165) is 6.42 Å². The van der Waals surface area contributed by atoms with E-state index in [2.05, 4.69) is 170 Å². The molecule has 1 aliphatic rings. The van der Waals surface area contributed by atoms with Crippen molar-refractivity contribution in [2.45, 2.75) is 20.3 Å². The Hall–Kier alpha value is -5.66. The molecule has 8 aromatic rings. The van der Waals surface area contributed by atoms with Crippen LogP contribution in [-0.2, 0) is 0 Å². The molecule has 0 fully saturated rings. The fraction of sp³-hybridized carbons (Fsp3) is 0.0667. The third-order valence-electron chi connectivity index (χ3n) is 9.75.